The second-order valence-corrected chi connectivity index (χ2v) is 4.25. The maximum Gasteiger partial charge on any atom is 0.167 e. The van der Waals surface area contributed by atoms with Crippen molar-refractivity contribution in [3.8, 4) is 0 Å². The lowest BCUT2D eigenvalue weighted by Crippen LogP contribution is -2.17. The Hall–Kier alpha value is -1.39. The first-order valence-electron chi connectivity index (χ1n) is 4.72. The highest BCUT2D eigenvalue weighted by Crippen LogP contribution is 2.11. The van der Waals surface area contributed by atoms with Gasteiger partial charge in [0.25, 0.3) is 0 Å². The van der Waals surface area contributed by atoms with Crippen LogP contribution in [0.25, 0.3) is 0 Å². The van der Waals surface area contributed by atoms with Crippen LogP contribution in [0.5, 0.6) is 0 Å². The van der Waals surface area contributed by atoms with Gasteiger partial charge >= 0.3 is 0 Å². The van der Waals surface area contributed by atoms with Gasteiger partial charge in [-0.25, -0.2) is 4.98 Å². The van der Waals surface area contributed by atoms with Crippen LogP contribution in [-0.4, -0.2) is 14.5 Å². The molecule has 0 saturated carbocycles. The van der Waals surface area contributed by atoms with Crippen molar-refractivity contribution in [2.75, 3.05) is 0 Å². The number of hydrogen-bond acceptors (Lipinski definition) is 2. The van der Waals surface area contributed by atoms with E-state index in [1.54, 1.807) is 6.20 Å². The minimum atomic E-state index is 0.305. The van der Waals surface area contributed by atoms with Gasteiger partial charge in [-0.3, -0.25) is 0 Å². The average Bonchev–Trinajstić information content (AvgIpc) is 2.69. The summed E-state index contributed by atoms with van der Waals surface area (Å²) in [7, 11) is 0. The summed E-state index contributed by atoms with van der Waals surface area (Å²) in [6, 6.07) is 7.64. The summed E-state index contributed by atoms with van der Waals surface area (Å²) in [5, 5.41) is 0.726. The van der Waals surface area contributed by atoms with Crippen molar-refractivity contribution in [1.29, 1.82) is 0 Å². The molecule has 1 aromatic heterocycles. The molecule has 0 fully saturated rings. The van der Waals surface area contributed by atoms with E-state index in [-0.39, 0.29) is 0 Å². The Labute approximate surface area is 104 Å². The van der Waals surface area contributed by atoms with Crippen molar-refractivity contribution in [2.45, 2.75) is 6.54 Å². The Kier molecular flexibility index (Phi) is 3.22. The molecule has 5 heteroatoms. The van der Waals surface area contributed by atoms with Crippen LogP contribution in [-0.2, 0) is 6.54 Å². The Morgan fingerprint density at radius 2 is 2.06 bits per heavy atom. The van der Waals surface area contributed by atoms with Gasteiger partial charge in [-0.05, 0) is 17.7 Å². The minimum Gasteiger partial charge on any atom is -0.387 e. The maximum atomic E-state index is 5.82. The van der Waals surface area contributed by atoms with Crippen molar-refractivity contribution in [2.24, 2.45) is 5.73 Å². The molecule has 1 heterocycles. The van der Waals surface area contributed by atoms with Crippen molar-refractivity contribution < 1.29 is 0 Å². The molecule has 2 rings (SSSR count). The van der Waals surface area contributed by atoms with Gasteiger partial charge in [0.15, 0.2) is 5.82 Å². The Morgan fingerprint density at radius 3 is 2.69 bits per heavy atom. The minimum absolute atomic E-state index is 0.305. The van der Waals surface area contributed by atoms with Crippen molar-refractivity contribution >= 4 is 28.8 Å². The monoisotopic (exact) mass is 251 g/mol. The number of imidazole rings is 1. The maximum absolute atomic E-state index is 5.82. The summed E-state index contributed by atoms with van der Waals surface area (Å²) in [5.41, 5.74) is 6.69. The van der Waals surface area contributed by atoms with Crippen LogP contribution < -0.4 is 5.73 Å². The molecule has 16 heavy (non-hydrogen) atoms. The van der Waals surface area contributed by atoms with E-state index in [9.17, 15) is 0 Å². The SMILES string of the molecule is NC(=S)c1nccn1Cc1ccc(Cl)cc1. The first-order valence-corrected chi connectivity index (χ1v) is 5.51. The molecule has 2 aromatic rings. The highest BCUT2D eigenvalue weighted by atomic mass is 35.5. The molecule has 0 bridgehead atoms. The molecule has 0 saturated heterocycles. The lowest BCUT2D eigenvalue weighted by atomic mass is 10.2. The molecule has 0 aliphatic carbocycles. The van der Waals surface area contributed by atoms with Crippen molar-refractivity contribution in [1.82, 2.24) is 9.55 Å². The number of nitrogens with two attached hydrogens (primary N) is 1. The second kappa shape index (κ2) is 4.63. The molecule has 2 N–H and O–H groups in total. The topological polar surface area (TPSA) is 43.8 Å². The van der Waals surface area contributed by atoms with Crippen molar-refractivity contribution in [3.63, 3.8) is 0 Å². The first kappa shape index (κ1) is 11.1. The number of hydrogen-bond donors (Lipinski definition) is 1. The summed E-state index contributed by atoms with van der Waals surface area (Å²) in [4.78, 5) is 4.40. The van der Waals surface area contributed by atoms with Crippen LogP contribution in [0.15, 0.2) is 36.7 Å². The standard InChI is InChI=1S/C11H10ClN3S/c12-9-3-1-8(2-4-9)7-15-6-5-14-11(15)10(13)16/h1-6H,7H2,(H2,13,16). The highest BCUT2D eigenvalue weighted by Gasteiger charge is 2.05. The highest BCUT2D eigenvalue weighted by molar-refractivity contribution is 7.80. The molecule has 82 valence electrons. The van der Waals surface area contributed by atoms with Crippen LogP contribution in [0.4, 0.5) is 0 Å². The third kappa shape index (κ3) is 2.40. The van der Waals surface area contributed by atoms with Crippen LogP contribution in [0, 0.1) is 0 Å². The van der Waals surface area contributed by atoms with Gasteiger partial charge in [0.05, 0.1) is 0 Å². The fourth-order valence-electron chi connectivity index (χ4n) is 1.45. The van der Waals surface area contributed by atoms with Gasteiger partial charge < -0.3 is 10.3 Å². The Morgan fingerprint density at radius 1 is 1.38 bits per heavy atom. The summed E-state index contributed by atoms with van der Waals surface area (Å²) in [6.45, 7) is 0.684. The molecule has 0 unspecified atom stereocenters. The molecular weight excluding hydrogens is 242 g/mol. The van der Waals surface area contributed by atoms with Crippen LogP contribution in [0.1, 0.15) is 11.4 Å². The number of aromatic nitrogens is 2. The number of nitrogens with zero attached hydrogens (tertiary/aromatic N) is 2. The van der Waals surface area contributed by atoms with Gasteiger partial charge in [0.1, 0.15) is 4.99 Å². The predicted octanol–water partition coefficient (Wildman–Crippen LogP) is 2.22. The van der Waals surface area contributed by atoms with Crippen LogP contribution in [0.2, 0.25) is 5.02 Å². The van der Waals surface area contributed by atoms with E-state index in [1.807, 2.05) is 35.0 Å². The normalized spacial score (nSPS) is 10.3. The molecule has 0 spiro atoms. The fraction of sp³-hybridized carbons (Fsp3) is 0.0909. The molecule has 0 atom stereocenters. The smallest absolute Gasteiger partial charge is 0.167 e. The fourth-order valence-corrected chi connectivity index (χ4v) is 1.74. The van der Waals surface area contributed by atoms with Gasteiger partial charge in [0, 0.05) is 24.0 Å². The van der Waals surface area contributed by atoms with Gasteiger partial charge in [-0.2, -0.15) is 0 Å². The first-order chi connectivity index (χ1) is 7.66. The lowest BCUT2D eigenvalue weighted by Gasteiger charge is -2.06. The lowest BCUT2D eigenvalue weighted by molar-refractivity contribution is 0.788. The van der Waals surface area contributed by atoms with E-state index < -0.39 is 0 Å². The van der Waals surface area contributed by atoms with E-state index >= 15 is 0 Å². The number of rotatable bonds is 3. The van der Waals surface area contributed by atoms with Crippen molar-refractivity contribution in [3.05, 3.63) is 53.1 Å². The zero-order valence-corrected chi connectivity index (χ0v) is 10.0. The van der Waals surface area contributed by atoms with Crippen LogP contribution in [0.3, 0.4) is 0 Å². The van der Waals surface area contributed by atoms with E-state index in [2.05, 4.69) is 4.98 Å². The molecule has 0 amide bonds. The zero-order valence-electron chi connectivity index (χ0n) is 8.43. The largest absolute Gasteiger partial charge is 0.387 e. The van der Waals surface area contributed by atoms with E-state index in [4.69, 9.17) is 29.6 Å². The van der Waals surface area contributed by atoms with Gasteiger partial charge in [-0.1, -0.05) is 36.0 Å². The van der Waals surface area contributed by atoms with Crippen LogP contribution >= 0.6 is 23.8 Å². The zero-order chi connectivity index (χ0) is 11.5. The van der Waals surface area contributed by atoms with E-state index in [0.717, 1.165) is 10.6 Å². The molecule has 0 radical (unpaired) electrons. The van der Waals surface area contributed by atoms with Gasteiger partial charge in [0.2, 0.25) is 0 Å². The quantitative estimate of drug-likeness (QED) is 0.851. The molecule has 0 aliphatic heterocycles. The number of halogens is 1. The second-order valence-electron chi connectivity index (χ2n) is 3.37. The predicted molar refractivity (Wildman–Crippen MR) is 68.7 cm³/mol. The molecule has 3 nitrogen and oxygen atoms in total. The molecular formula is C11H10ClN3S. The summed E-state index contributed by atoms with van der Waals surface area (Å²) < 4.78 is 1.91. The summed E-state index contributed by atoms with van der Waals surface area (Å²) in [6.07, 6.45) is 3.54. The Bertz CT molecular complexity index is 504. The third-order valence-corrected chi connectivity index (χ3v) is 2.64. The molecule has 1 aromatic carbocycles. The van der Waals surface area contributed by atoms with E-state index in [0.29, 0.717) is 17.4 Å². The summed E-state index contributed by atoms with van der Waals surface area (Å²) in [5.74, 6) is 0.630. The Balaban J connectivity index is 2.23. The number of benzene rings is 1. The summed E-state index contributed by atoms with van der Waals surface area (Å²) >= 11 is 10.7. The average molecular weight is 252 g/mol. The van der Waals surface area contributed by atoms with Gasteiger partial charge in [-0.15, -0.1) is 0 Å². The molecule has 0 aliphatic rings. The number of thiocarbonyl (C=S) groups is 1. The third-order valence-electron chi connectivity index (χ3n) is 2.20. The van der Waals surface area contributed by atoms with E-state index in [1.165, 1.54) is 0 Å².